The average Bonchev–Trinajstić information content (AvgIpc) is 2.76. The zero-order valence-electron chi connectivity index (χ0n) is 12.8. The number of carbonyl (C=O) groups excluding carboxylic acids is 1. The van der Waals surface area contributed by atoms with E-state index in [0.29, 0.717) is 0 Å². The Morgan fingerprint density at radius 3 is 2.38 bits per heavy atom. The standard InChI is InChI=1S/C17H13F4NO2/c1-22-14-8-7-10(24-2)9-13(14)16(18,15(22)23)11-5-3-4-6-12(11)17(19,20)21/h3-9H,1-2H3/t16-/m0/s1. The number of amides is 1. The second-order valence-electron chi connectivity index (χ2n) is 5.45. The molecule has 1 heterocycles. The molecule has 0 radical (unpaired) electrons. The minimum Gasteiger partial charge on any atom is -0.497 e. The average molecular weight is 339 g/mol. The predicted molar refractivity (Wildman–Crippen MR) is 79.7 cm³/mol. The Balaban J connectivity index is 2.32. The minimum absolute atomic E-state index is 0.161. The number of alkyl halides is 4. The Hall–Kier alpha value is -2.57. The molecule has 0 saturated carbocycles. The number of likely N-dealkylation sites (N-methyl/N-ethyl adjacent to an activating group) is 1. The number of ether oxygens (including phenoxy) is 1. The highest BCUT2D eigenvalue weighted by Crippen LogP contribution is 2.50. The highest BCUT2D eigenvalue weighted by Gasteiger charge is 2.55. The van der Waals surface area contributed by atoms with Gasteiger partial charge in [-0.05, 0) is 24.3 Å². The fraction of sp³-hybridized carbons (Fsp3) is 0.235. The van der Waals surface area contributed by atoms with Gasteiger partial charge in [-0.3, -0.25) is 4.79 Å². The van der Waals surface area contributed by atoms with E-state index >= 15 is 4.39 Å². The number of benzene rings is 2. The molecule has 0 fully saturated rings. The van der Waals surface area contributed by atoms with Gasteiger partial charge in [-0.15, -0.1) is 0 Å². The van der Waals surface area contributed by atoms with Gasteiger partial charge in [0.25, 0.3) is 5.91 Å². The fourth-order valence-electron chi connectivity index (χ4n) is 2.96. The van der Waals surface area contributed by atoms with Crippen LogP contribution in [0.2, 0.25) is 0 Å². The van der Waals surface area contributed by atoms with E-state index in [-0.39, 0.29) is 17.0 Å². The van der Waals surface area contributed by atoms with E-state index < -0.39 is 28.9 Å². The Kier molecular flexibility index (Phi) is 3.55. The lowest BCUT2D eigenvalue weighted by Gasteiger charge is -2.23. The molecule has 0 bridgehead atoms. The summed E-state index contributed by atoms with van der Waals surface area (Å²) in [6.45, 7) is 0. The van der Waals surface area contributed by atoms with Crippen molar-refractivity contribution in [3.63, 3.8) is 0 Å². The number of halogens is 4. The molecule has 1 amide bonds. The van der Waals surface area contributed by atoms with Crippen LogP contribution in [0.4, 0.5) is 23.2 Å². The van der Waals surface area contributed by atoms with Crippen LogP contribution in [0.3, 0.4) is 0 Å². The number of hydrogen-bond acceptors (Lipinski definition) is 2. The summed E-state index contributed by atoms with van der Waals surface area (Å²) >= 11 is 0. The van der Waals surface area contributed by atoms with Gasteiger partial charge in [-0.2, -0.15) is 13.2 Å². The first-order valence-electron chi connectivity index (χ1n) is 7.03. The maximum absolute atomic E-state index is 15.8. The van der Waals surface area contributed by atoms with Crippen LogP contribution in [0.15, 0.2) is 42.5 Å². The first-order valence-corrected chi connectivity index (χ1v) is 7.03. The lowest BCUT2D eigenvalue weighted by Crippen LogP contribution is -2.37. The predicted octanol–water partition coefficient (Wildman–Crippen LogP) is 3.90. The molecule has 1 atom stereocenters. The molecule has 24 heavy (non-hydrogen) atoms. The van der Waals surface area contributed by atoms with Crippen molar-refractivity contribution in [3.05, 3.63) is 59.2 Å². The summed E-state index contributed by atoms with van der Waals surface area (Å²) in [4.78, 5) is 13.5. The van der Waals surface area contributed by atoms with E-state index in [1.54, 1.807) is 0 Å². The number of hydrogen-bond donors (Lipinski definition) is 0. The Morgan fingerprint density at radius 1 is 1.08 bits per heavy atom. The van der Waals surface area contributed by atoms with Gasteiger partial charge in [0.15, 0.2) is 0 Å². The Morgan fingerprint density at radius 2 is 1.75 bits per heavy atom. The van der Waals surface area contributed by atoms with Gasteiger partial charge in [0.2, 0.25) is 5.67 Å². The van der Waals surface area contributed by atoms with Crippen LogP contribution >= 0.6 is 0 Å². The molecule has 1 aliphatic heterocycles. The monoisotopic (exact) mass is 339 g/mol. The smallest absolute Gasteiger partial charge is 0.416 e. The number of carbonyl (C=O) groups is 1. The van der Waals surface area contributed by atoms with Crippen molar-refractivity contribution in [2.45, 2.75) is 11.8 Å². The van der Waals surface area contributed by atoms with Crippen LogP contribution in [-0.4, -0.2) is 20.1 Å². The quantitative estimate of drug-likeness (QED) is 0.777. The molecule has 0 N–H and O–H groups in total. The van der Waals surface area contributed by atoms with Crippen LogP contribution in [0.25, 0.3) is 0 Å². The summed E-state index contributed by atoms with van der Waals surface area (Å²) in [5.41, 5.74) is -4.78. The Bertz CT molecular complexity index is 818. The summed E-state index contributed by atoms with van der Waals surface area (Å²) in [6, 6.07) is 8.41. The molecule has 0 aromatic heterocycles. The lowest BCUT2D eigenvalue weighted by molar-refractivity contribution is -0.140. The summed E-state index contributed by atoms with van der Waals surface area (Å²) in [5, 5.41) is 0. The largest absolute Gasteiger partial charge is 0.497 e. The number of anilines is 1. The molecule has 2 aromatic carbocycles. The van der Waals surface area contributed by atoms with Gasteiger partial charge < -0.3 is 9.64 Å². The van der Waals surface area contributed by atoms with Crippen LogP contribution < -0.4 is 9.64 Å². The van der Waals surface area contributed by atoms with E-state index in [1.807, 2.05) is 0 Å². The molecule has 0 saturated heterocycles. The second kappa shape index (κ2) is 5.22. The van der Waals surface area contributed by atoms with Gasteiger partial charge in [0.05, 0.1) is 18.4 Å². The number of rotatable bonds is 2. The molecular formula is C17H13F4NO2. The van der Waals surface area contributed by atoms with Crippen molar-refractivity contribution in [1.82, 2.24) is 0 Å². The highest BCUT2D eigenvalue weighted by atomic mass is 19.4. The maximum atomic E-state index is 15.8. The minimum atomic E-state index is -4.78. The molecule has 0 unspecified atom stereocenters. The molecule has 126 valence electrons. The van der Waals surface area contributed by atoms with Gasteiger partial charge >= 0.3 is 6.18 Å². The van der Waals surface area contributed by atoms with Gasteiger partial charge in [-0.25, -0.2) is 4.39 Å². The molecular weight excluding hydrogens is 326 g/mol. The molecule has 2 aromatic rings. The second-order valence-corrected chi connectivity index (χ2v) is 5.45. The van der Waals surface area contributed by atoms with Crippen LogP contribution in [0.1, 0.15) is 16.7 Å². The van der Waals surface area contributed by atoms with Crippen LogP contribution in [-0.2, 0) is 16.6 Å². The van der Waals surface area contributed by atoms with Crippen LogP contribution in [0, 0.1) is 0 Å². The van der Waals surface area contributed by atoms with Crippen LogP contribution in [0.5, 0.6) is 5.75 Å². The number of methoxy groups -OCH3 is 1. The molecule has 3 nitrogen and oxygen atoms in total. The number of nitrogens with zero attached hydrogens (tertiary/aromatic N) is 1. The number of fused-ring (bicyclic) bond motifs is 1. The van der Waals surface area contributed by atoms with Gasteiger partial charge in [-0.1, -0.05) is 18.2 Å². The molecule has 3 rings (SSSR count). The zero-order valence-corrected chi connectivity index (χ0v) is 12.8. The highest BCUT2D eigenvalue weighted by molar-refractivity contribution is 6.09. The lowest BCUT2D eigenvalue weighted by atomic mass is 9.86. The third-order valence-electron chi connectivity index (χ3n) is 4.14. The topological polar surface area (TPSA) is 29.5 Å². The molecule has 1 aliphatic rings. The SMILES string of the molecule is COc1ccc2c(c1)[C@@](F)(c1ccccc1C(F)(F)F)C(=O)N2C. The summed E-state index contributed by atoms with van der Waals surface area (Å²) < 4.78 is 60.8. The van der Waals surface area contributed by atoms with E-state index in [4.69, 9.17) is 4.74 Å². The van der Waals surface area contributed by atoms with Crippen molar-refractivity contribution < 1.29 is 27.1 Å². The summed E-state index contributed by atoms with van der Waals surface area (Å²) in [5.74, 6) is -0.814. The first kappa shape index (κ1) is 16.3. The first-order chi connectivity index (χ1) is 11.2. The van der Waals surface area contributed by atoms with Crippen molar-refractivity contribution in [2.75, 3.05) is 19.1 Å². The summed E-state index contributed by atoms with van der Waals surface area (Å²) in [7, 11) is 2.68. The summed E-state index contributed by atoms with van der Waals surface area (Å²) in [6.07, 6.45) is -4.78. The zero-order chi connectivity index (χ0) is 17.7. The van der Waals surface area contributed by atoms with E-state index in [2.05, 4.69) is 0 Å². The van der Waals surface area contributed by atoms with Crippen molar-refractivity contribution >= 4 is 11.6 Å². The van der Waals surface area contributed by atoms with Crippen molar-refractivity contribution in [1.29, 1.82) is 0 Å². The van der Waals surface area contributed by atoms with Crippen molar-refractivity contribution in [3.8, 4) is 5.75 Å². The molecule has 0 spiro atoms. The van der Waals surface area contributed by atoms with Crippen molar-refractivity contribution in [2.24, 2.45) is 0 Å². The van der Waals surface area contributed by atoms with E-state index in [9.17, 15) is 18.0 Å². The maximum Gasteiger partial charge on any atom is 0.416 e. The van der Waals surface area contributed by atoms with E-state index in [1.165, 1.54) is 38.4 Å². The van der Waals surface area contributed by atoms with Gasteiger partial charge in [0.1, 0.15) is 5.75 Å². The normalized spacial score (nSPS) is 20.2. The molecule has 7 heteroatoms. The third kappa shape index (κ3) is 2.15. The fourth-order valence-corrected chi connectivity index (χ4v) is 2.96. The van der Waals surface area contributed by atoms with E-state index in [0.717, 1.165) is 23.1 Å². The van der Waals surface area contributed by atoms with Gasteiger partial charge in [0, 0.05) is 18.2 Å². The molecule has 0 aliphatic carbocycles. The Labute approximate surface area is 135 Å². The third-order valence-corrected chi connectivity index (χ3v) is 4.14.